The third-order valence-electron chi connectivity index (χ3n) is 10.5. The third kappa shape index (κ3) is 5.46. The van der Waals surface area contributed by atoms with E-state index in [1.54, 1.807) is 6.26 Å². The Balaban J connectivity index is 1.09. The molecule has 0 N–H and O–H groups in total. The Labute approximate surface area is 314 Å². The van der Waals surface area contributed by atoms with E-state index < -0.39 is 0 Å². The van der Waals surface area contributed by atoms with E-state index in [0.717, 1.165) is 67.0 Å². The summed E-state index contributed by atoms with van der Waals surface area (Å²) >= 11 is 0. The van der Waals surface area contributed by atoms with E-state index in [9.17, 15) is 0 Å². The minimum Gasteiger partial charge on any atom is -0.464 e. The van der Waals surface area contributed by atoms with Gasteiger partial charge in [0.05, 0.1) is 28.7 Å². The fourth-order valence-electron chi connectivity index (χ4n) is 7.72. The fraction of sp³-hybridized carbons (Fsp3) is 0.104. The maximum atomic E-state index is 6.87. The quantitative estimate of drug-likeness (QED) is 0.173. The van der Waals surface area contributed by atoms with Crippen LogP contribution in [0.1, 0.15) is 26.3 Å². The van der Waals surface area contributed by atoms with Gasteiger partial charge in [0.1, 0.15) is 29.6 Å². The summed E-state index contributed by atoms with van der Waals surface area (Å²) in [5, 5.41) is 3.24. The smallest absolute Gasteiger partial charge is 0.141 e. The van der Waals surface area contributed by atoms with Gasteiger partial charge in [-0.3, -0.25) is 4.57 Å². The molecule has 1 aliphatic rings. The van der Waals surface area contributed by atoms with Gasteiger partial charge in [-0.2, -0.15) is 0 Å². The number of aromatic nitrogens is 2. The second-order valence-corrected chi connectivity index (χ2v) is 15.0. The molecule has 262 valence electrons. The van der Waals surface area contributed by atoms with Crippen molar-refractivity contribution in [2.45, 2.75) is 26.2 Å². The Morgan fingerprint density at radius 2 is 1.33 bits per heavy atom. The Hall–Kier alpha value is -6.79. The van der Waals surface area contributed by atoms with Gasteiger partial charge in [0.15, 0.2) is 0 Å². The minimum atomic E-state index is -0.102. The van der Waals surface area contributed by atoms with E-state index in [1.807, 2.05) is 18.3 Å². The summed E-state index contributed by atoms with van der Waals surface area (Å²) in [6.45, 7) is 7.45. The molecular weight excluding hydrogens is 665 g/mol. The van der Waals surface area contributed by atoms with Crippen LogP contribution in [0.15, 0.2) is 169 Å². The van der Waals surface area contributed by atoms with Gasteiger partial charge >= 0.3 is 0 Å². The lowest BCUT2D eigenvalue weighted by atomic mass is 9.86. The van der Waals surface area contributed by atoms with Crippen molar-refractivity contribution in [1.82, 2.24) is 9.55 Å². The molecular formula is C48H38N4O2. The monoisotopic (exact) mass is 702 g/mol. The molecule has 6 aromatic carbocycles. The molecule has 6 nitrogen and oxygen atoms in total. The molecule has 0 saturated heterocycles. The number of para-hydroxylation sites is 3. The highest BCUT2D eigenvalue weighted by atomic mass is 16.5. The maximum Gasteiger partial charge on any atom is 0.141 e. The first kappa shape index (κ1) is 31.9. The Morgan fingerprint density at radius 1 is 0.593 bits per heavy atom. The number of anilines is 4. The van der Waals surface area contributed by atoms with Crippen molar-refractivity contribution in [3.63, 3.8) is 0 Å². The van der Waals surface area contributed by atoms with Gasteiger partial charge in [-0.25, -0.2) is 4.98 Å². The molecule has 0 spiro atoms. The number of pyridine rings is 1. The lowest BCUT2D eigenvalue weighted by molar-refractivity contribution is 0.479. The van der Waals surface area contributed by atoms with Crippen LogP contribution < -0.4 is 14.5 Å². The highest BCUT2D eigenvalue weighted by Gasteiger charge is 2.29. The van der Waals surface area contributed by atoms with Gasteiger partial charge in [0, 0.05) is 51.9 Å². The van der Waals surface area contributed by atoms with E-state index in [0.29, 0.717) is 6.67 Å². The number of fused-ring (bicyclic) bond motifs is 5. The first-order valence-electron chi connectivity index (χ1n) is 18.4. The lowest BCUT2D eigenvalue weighted by Gasteiger charge is -2.26. The van der Waals surface area contributed by atoms with E-state index in [1.165, 1.54) is 22.5 Å². The van der Waals surface area contributed by atoms with Crippen LogP contribution in [0.5, 0.6) is 11.5 Å². The summed E-state index contributed by atoms with van der Waals surface area (Å²) in [6, 6.07) is 53.4. The van der Waals surface area contributed by atoms with Crippen molar-refractivity contribution in [1.29, 1.82) is 0 Å². The second-order valence-electron chi connectivity index (χ2n) is 15.0. The number of benzene rings is 6. The van der Waals surface area contributed by atoms with Gasteiger partial charge in [0.2, 0.25) is 0 Å². The summed E-state index contributed by atoms with van der Waals surface area (Å²) < 4.78 is 14.9. The van der Waals surface area contributed by atoms with Crippen molar-refractivity contribution in [3.05, 3.63) is 170 Å². The topological polar surface area (TPSA) is 46.7 Å². The molecule has 0 bridgehead atoms. The van der Waals surface area contributed by atoms with Crippen LogP contribution in [0, 0.1) is 0 Å². The van der Waals surface area contributed by atoms with E-state index >= 15 is 0 Å². The van der Waals surface area contributed by atoms with Crippen molar-refractivity contribution < 1.29 is 9.15 Å². The summed E-state index contributed by atoms with van der Waals surface area (Å²) in [5.74, 6) is 2.32. The van der Waals surface area contributed by atoms with Crippen molar-refractivity contribution >= 4 is 55.5 Å². The van der Waals surface area contributed by atoms with Crippen LogP contribution in [-0.2, 0) is 5.41 Å². The van der Waals surface area contributed by atoms with Crippen LogP contribution >= 0.6 is 0 Å². The van der Waals surface area contributed by atoms with Crippen LogP contribution in [0.4, 0.5) is 22.7 Å². The molecule has 0 saturated carbocycles. The van der Waals surface area contributed by atoms with E-state index in [4.69, 9.17) is 14.1 Å². The van der Waals surface area contributed by atoms with Crippen LogP contribution in [-0.4, -0.2) is 16.2 Å². The number of ether oxygens (including phenoxy) is 1. The van der Waals surface area contributed by atoms with Crippen molar-refractivity contribution in [2.24, 2.45) is 0 Å². The van der Waals surface area contributed by atoms with Gasteiger partial charge in [-0.15, -0.1) is 0 Å². The summed E-state index contributed by atoms with van der Waals surface area (Å²) in [6.07, 6.45) is 3.58. The van der Waals surface area contributed by atoms with E-state index in [-0.39, 0.29) is 5.41 Å². The van der Waals surface area contributed by atoms with Gasteiger partial charge in [0.25, 0.3) is 0 Å². The first-order valence-corrected chi connectivity index (χ1v) is 18.4. The van der Waals surface area contributed by atoms with Gasteiger partial charge in [-0.05, 0) is 88.8 Å². The molecule has 54 heavy (non-hydrogen) atoms. The SMILES string of the molecule is CC(C)(C)c1cc(Oc2ccc3c4cc(-c5ccccc5)ccc4n(-c4cc5occc5cn4)c3c2)cc(N2CN(c3ccccc3)c3ccccc32)c1. The number of furan rings is 1. The molecule has 10 rings (SSSR count). The molecule has 1 aliphatic heterocycles. The molecule has 0 atom stereocenters. The average molecular weight is 703 g/mol. The normalized spacial score (nSPS) is 12.9. The zero-order valence-electron chi connectivity index (χ0n) is 30.4. The third-order valence-corrected chi connectivity index (χ3v) is 10.5. The van der Waals surface area contributed by atoms with Crippen LogP contribution in [0.3, 0.4) is 0 Å². The van der Waals surface area contributed by atoms with Crippen molar-refractivity contribution in [3.8, 4) is 28.4 Å². The summed E-state index contributed by atoms with van der Waals surface area (Å²) in [7, 11) is 0. The first-order chi connectivity index (χ1) is 26.4. The highest BCUT2D eigenvalue weighted by Crippen LogP contribution is 2.46. The average Bonchev–Trinajstić information content (AvgIpc) is 3.92. The number of nitrogens with zero attached hydrogens (tertiary/aromatic N) is 4. The summed E-state index contributed by atoms with van der Waals surface area (Å²) in [5.41, 5.74) is 10.9. The van der Waals surface area contributed by atoms with E-state index in [2.05, 4.69) is 175 Å². The molecule has 9 aromatic rings. The van der Waals surface area contributed by atoms with Gasteiger partial charge in [-0.1, -0.05) is 87.5 Å². The molecule has 0 unspecified atom stereocenters. The van der Waals surface area contributed by atoms with Crippen molar-refractivity contribution in [2.75, 3.05) is 16.5 Å². The predicted molar refractivity (Wildman–Crippen MR) is 221 cm³/mol. The fourth-order valence-corrected chi connectivity index (χ4v) is 7.72. The number of hydrogen-bond donors (Lipinski definition) is 0. The largest absolute Gasteiger partial charge is 0.464 e. The summed E-state index contributed by atoms with van der Waals surface area (Å²) in [4.78, 5) is 9.66. The minimum absolute atomic E-state index is 0.102. The number of rotatable bonds is 6. The molecule has 0 radical (unpaired) electrons. The van der Waals surface area contributed by atoms with Crippen LogP contribution in [0.25, 0.3) is 49.7 Å². The maximum absolute atomic E-state index is 6.87. The second kappa shape index (κ2) is 12.4. The van der Waals surface area contributed by atoms with Crippen LogP contribution in [0.2, 0.25) is 0 Å². The molecule has 3 aromatic heterocycles. The molecule has 0 fully saturated rings. The standard InChI is InChI=1S/C48H38N4O2/c1-48(2,3)35-25-37(51-31-50(36-14-8-5-9-15-36)43-16-10-11-17-44(43)51)27-39(26-35)54-38-19-20-40-41-24-33(32-12-6-4-7-13-32)18-21-42(41)52(45(40)28-38)47-29-46-34(30-49-47)22-23-53-46/h4-30H,31H2,1-3H3. The molecule has 4 heterocycles. The molecule has 0 amide bonds. The highest BCUT2D eigenvalue weighted by molar-refractivity contribution is 6.11. The predicted octanol–water partition coefficient (Wildman–Crippen LogP) is 12.9. The zero-order chi connectivity index (χ0) is 36.4. The molecule has 0 aliphatic carbocycles. The number of hydrogen-bond acceptors (Lipinski definition) is 5. The Kier molecular flexibility index (Phi) is 7.34. The lowest BCUT2D eigenvalue weighted by Crippen LogP contribution is -2.24. The van der Waals surface area contributed by atoms with Gasteiger partial charge < -0.3 is 19.0 Å². The zero-order valence-corrected chi connectivity index (χ0v) is 30.4. The molecule has 6 heteroatoms. The Morgan fingerprint density at radius 3 is 2.11 bits per heavy atom. The Bertz CT molecular complexity index is 2830.